The molecule has 0 unspecified atom stereocenters. The van der Waals surface area contributed by atoms with Crippen LogP contribution in [0.15, 0.2) is 11.1 Å². The molecule has 0 bridgehead atoms. The van der Waals surface area contributed by atoms with E-state index in [2.05, 4.69) is 15.0 Å². The van der Waals surface area contributed by atoms with E-state index in [1.165, 1.54) is 10.9 Å². The molecule has 2 heterocycles. The summed E-state index contributed by atoms with van der Waals surface area (Å²) in [6, 6.07) is 0. The predicted octanol–water partition coefficient (Wildman–Crippen LogP) is 1.27. The number of H-pyrrole nitrogens is 1. The number of ether oxygens (including phenoxy) is 1. The number of fused-ring (bicyclic) bond motifs is 1. The minimum Gasteiger partial charge on any atom is -0.369 e. The highest BCUT2D eigenvalue weighted by molar-refractivity contribution is 5.84. The lowest BCUT2D eigenvalue weighted by Gasteiger charge is -2.19. The lowest BCUT2D eigenvalue weighted by atomic mass is 9.97. The Morgan fingerprint density at radius 3 is 2.31 bits per heavy atom. The smallest absolute Gasteiger partial charge is 0.280 e. The summed E-state index contributed by atoms with van der Waals surface area (Å²) < 4.78 is 7.33. The molecule has 26 heavy (non-hydrogen) atoms. The summed E-state index contributed by atoms with van der Waals surface area (Å²) in [6.07, 6.45) is 1.17. The number of ketones is 2. The third-order valence-electron chi connectivity index (χ3n) is 4.09. The molecule has 0 aliphatic carbocycles. The van der Waals surface area contributed by atoms with Crippen LogP contribution >= 0.6 is 0 Å². The molecular weight excluding hydrogens is 338 g/mol. The second-order valence-corrected chi connectivity index (χ2v) is 6.91. The number of carbonyl (C=O) groups excluding carboxylic acids is 2. The van der Waals surface area contributed by atoms with Crippen molar-refractivity contribution in [3.63, 3.8) is 0 Å². The van der Waals surface area contributed by atoms with Crippen LogP contribution in [-0.4, -0.2) is 37.2 Å². The molecule has 2 aromatic heterocycles. The SMILES string of the molecule is CC(C)C(=O)CC(CC(=O)C(C)C)OCn1cnc2c(=O)[nH]c(N)nc21. The van der Waals surface area contributed by atoms with Crippen LogP contribution in [0.1, 0.15) is 40.5 Å². The van der Waals surface area contributed by atoms with Crippen molar-refractivity contribution < 1.29 is 14.3 Å². The van der Waals surface area contributed by atoms with Crippen LogP contribution in [0.4, 0.5) is 5.95 Å². The maximum Gasteiger partial charge on any atom is 0.280 e. The number of carbonyl (C=O) groups is 2. The van der Waals surface area contributed by atoms with Crippen LogP contribution in [0.5, 0.6) is 0 Å². The van der Waals surface area contributed by atoms with Crippen molar-refractivity contribution in [2.24, 2.45) is 11.8 Å². The van der Waals surface area contributed by atoms with Gasteiger partial charge in [-0.1, -0.05) is 27.7 Å². The van der Waals surface area contributed by atoms with E-state index in [1.807, 2.05) is 27.7 Å². The predicted molar refractivity (Wildman–Crippen MR) is 96.4 cm³/mol. The molecule has 0 atom stereocenters. The molecule has 9 heteroatoms. The zero-order valence-electron chi connectivity index (χ0n) is 15.5. The first-order valence-electron chi connectivity index (χ1n) is 8.56. The summed E-state index contributed by atoms with van der Waals surface area (Å²) in [5.41, 5.74) is 5.57. The highest BCUT2D eigenvalue weighted by Gasteiger charge is 2.22. The number of rotatable bonds is 9. The number of hydrogen-bond acceptors (Lipinski definition) is 7. The Kier molecular flexibility index (Phi) is 6.25. The molecule has 142 valence electrons. The first-order chi connectivity index (χ1) is 12.2. The maximum absolute atomic E-state index is 12.1. The van der Waals surface area contributed by atoms with Gasteiger partial charge in [0.2, 0.25) is 5.95 Å². The van der Waals surface area contributed by atoms with Crippen molar-refractivity contribution in [1.29, 1.82) is 0 Å². The highest BCUT2D eigenvalue weighted by Crippen LogP contribution is 2.15. The number of anilines is 1. The number of Topliss-reactive ketones (excluding diaryl/α,β-unsaturated/α-hetero) is 2. The molecule has 0 radical (unpaired) electrons. The van der Waals surface area contributed by atoms with E-state index < -0.39 is 11.7 Å². The molecule has 0 aliphatic rings. The van der Waals surface area contributed by atoms with Gasteiger partial charge in [-0.05, 0) is 0 Å². The Hall–Kier alpha value is -2.55. The standard InChI is InChI=1S/C17H25N5O4/c1-9(2)12(23)5-11(6-13(24)10(3)4)26-8-22-7-19-14-15(22)20-17(18)21-16(14)25/h7,9-11H,5-6,8H2,1-4H3,(H3,18,20,21,25). The summed E-state index contributed by atoms with van der Waals surface area (Å²) in [5.74, 6) is -0.235. The quantitative estimate of drug-likeness (QED) is 0.685. The summed E-state index contributed by atoms with van der Waals surface area (Å²) in [5, 5.41) is 0. The lowest BCUT2D eigenvalue weighted by molar-refractivity contribution is -0.130. The van der Waals surface area contributed by atoms with Crippen LogP contribution < -0.4 is 11.3 Å². The van der Waals surface area contributed by atoms with E-state index in [9.17, 15) is 14.4 Å². The average Bonchev–Trinajstić information content (AvgIpc) is 2.95. The molecular formula is C17H25N5O4. The summed E-state index contributed by atoms with van der Waals surface area (Å²) in [7, 11) is 0. The van der Waals surface area contributed by atoms with Crippen molar-refractivity contribution in [3.8, 4) is 0 Å². The Morgan fingerprint density at radius 1 is 1.19 bits per heavy atom. The van der Waals surface area contributed by atoms with Gasteiger partial charge in [-0.2, -0.15) is 4.98 Å². The van der Waals surface area contributed by atoms with Gasteiger partial charge in [-0.15, -0.1) is 0 Å². The second-order valence-electron chi connectivity index (χ2n) is 6.91. The van der Waals surface area contributed by atoms with E-state index in [4.69, 9.17) is 10.5 Å². The highest BCUT2D eigenvalue weighted by atomic mass is 16.5. The van der Waals surface area contributed by atoms with Crippen LogP contribution in [-0.2, 0) is 21.1 Å². The number of aromatic amines is 1. The fourth-order valence-electron chi connectivity index (χ4n) is 2.36. The zero-order chi connectivity index (χ0) is 19.4. The number of nitrogens with two attached hydrogens (primary N) is 1. The zero-order valence-corrected chi connectivity index (χ0v) is 15.5. The van der Waals surface area contributed by atoms with Gasteiger partial charge in [0.1, 0.15) is 18.3 Å². The van der Waals surface area contributed by atoms with E-state index in [1.54, 1.807) is 0 Å². The van der Waals surface area contributed by atoms with Gasteiger partial charge in [0.15, 0.2) is 11.2 Å². The summed E-state index contributed by atoms with van der Waals surface area (Å²) >= 11 is 0. The average molecular weight is 363 g/mol. The van der Waals surface area contributed by atoms with Crippen LogP contribution in [0.2, 0.25) is 0 Å². The van der Waals surface area contributed by atoms with Gasteiger partial charge in [0, 0.05) is 24.7 Å². The normalized spacial score (nSPS) is 11.8. The van der Waals surface area contributed by atoms with Crippen LogP contribution in [0, 0.1) is 11.8 Å². The molecule has 0 saturated carbocycles. The number of nitrogen functional groups attached to an aromatic ring is 1. The minimum absolute atomic E-state index is 0.00775. The topological polar surface area (TPSA) is 133 Å². The number of nitrogens with one attached hydrogen (secondary N) is 1. The van der Waals surface area contributed by atoms with Gasteiger partial charge >= 0.3 is 0 Å². The lowest BCUT2D eigenvalue weighted by Crippen LogP contribution is -2.26. The van der Waals surface area contributed by atoms with Gasteiger partial charge in [-0.25, -0.2) is 4.98 Å². The largest absolute Gasteiger partial charge is 0.369 e. The van der Waals surface area contributed by atoms with E-state index >= 15 is 0 Å². The second kappa shape index (κ2) is 8.22. The van der Waals surface area contributed by atoms with E-state index in [-0.39, 0.29) is 60.1 Å². The first-order valence-corrected chi connectivity index (χ1v) is 8.56. The number of imidazole rings is 1. The molecule has 0 aliphatic heterocycles. The maximum atomic E-state index is 12.1. The molecule has 3 N–H and O–H groups in total. The van der Waals surface area contributed by atoms with Crippen molar-refractivity contribution in [2.75, 3.05) is 5.73 Å². The molecule has 0 spiro atoms. The van der Waals surface area contributed by atoms with Gasteiger partial charge in [-0.3, -0.25) is 23.9 Å². The molecule has 9 nitrogen and oxygen atoms in total. The van der Waals surface area contributed by atoms with Crippen LogP contribution in [0.3, 0.4) is 0 Å². The number of aromatic nitrogens is 4. The Morgan fingerprint density at radius 2 is 1.77 bits per heavy atom. The Labute approximate surface area is 151 Å². The fourth-order valence-corrected chi connectivity index (χ4v) is 2.36. The molecule has 0 amide bonds. The Bertz CT molecular complexity index is 830. The third-order valence-corrected chi connectivity index (χ3v) is 4.09. The Balaban J connectivity index is 2.16. The number of nitrogens with zero attached hydrogens (tertiary/aromatic N) is 3. The van der Waals surface area contributed by atoms with Crippen molar-refractivity contribution in [3.05, 3.63) is 16.7 Å². The van der Waals surface area contributed by atoms with Gasteiger partial charge in [0.05, 0.1) is 12.4 Å². The van der Waals surface area contributed by atoms with E-state index in [0.717, 1.165) is 0 Å². The van der Waals surface area contributed by atoms with E-state index in [0.29, 0.717) is 0 Å². The molecule has 0 aromatic carbocycles. The molecule has 2 rings (SSSR count). The summed E-state index contributed by atoms with van der Waals surface area (Å²) in [4.78, 5) is 46.4. The first kappa shape index (κ1) is 19.8. The fraction of sp³-hybridized carbons (Fsp3) is 0.588. The monoisotopic (exact) mass is 363 g/mol. The van der Waals surface area contributed by atoms with Gasteiger partial charge < -0.3 is 10.5 Å². The van der Waals surface area contributed by atoms with Gasteiger partial charge in [0.25, 0.3) is 5.56 Å². The molecule has 0 saturated heterocycles. The number of hydrogen-bond donors (Lipinski definition) is 2. The van der Waals surface area contributed by atoms with Crippen molar-refractivity contribution in [2.45, 2.75) is 53.4 Å². The van der Waals surface area contributed by atoms with Crippen molar-refractivity contribution in [1.82, 2.24) is 19.5 Å². The van der Waals surface area contributed by atoms with Crippen LogP contribution in [0.25, 0.3) is 11.2 Å². The molecule has 2 aromatic rings. The third kappa shape index (κ3) is 4.75. The van der Waals surface area contributed by atoms with Crippen molar-refractivity contribution >= 4 is 28.7 Å². The molecule has 0 fully saturated rings. The minimum atomic E-state index is -0.545. The summed E-state index contributed by atoms with van der Waals surface area (Å²) in [6.45, 7) is 7.25.